The van der Waals surface area contributed by atoms with E-state index in [4.69, 9.17) is 13.9 Å². The first-order valence-electron chi connectivity index (χ1n) is 6.81. The molecule has 0 spiro atoms. The molecule has 7 heteroatoms. The average Bonchev–Trinajstić information content (AvgIpc) is 2.87. The average molecular weight is 318 g/mol. The first-order valence-corrected chi connectivity index (χ1v) is 6.81. The minimum absolute atomic E-state index is 0.0966. The lowest BCUT2D eigenvalue weighted by atomic mass is 10.2. The van der Waals surface area contributed by atoms with Crippen molar-refractivity contribution in [2.24, 2.45) is 5.10 Å². The van der Waals surface area contributed by atoms with Crippen molar-refractivity contribution in [1.82, 2.24) is 5.43 Å². The van der Waals surface area contributed by atoms with Crippen molar-refractivity contribution in [1.29, 1.82) is 0 Å². The van der Waals surface area contributed by atoms with Gasteiger partial charge in [0.05, 0.1) is 26.0 Å². The number of carbonyl (C=O) groups is 1. The summed E-state index contributed by atoms with van der Waals surface area (Å²) >= 11 is 0. The van der Waals surface area contributed by atoms with E-state index in [2.05, 4.69) is 10.5 Å². The summed E-state index contributed by atoms with van der Waals surface area (Å²) in [5.74, 6) is 1.22. The molecule has 2 N–H and O–H groups in total. The quantitative estimate of drug-likeness (QED) is 0.652. The van der Waals surface area contributed by atoms with Gasteiger partial charge in [0.1, 0.15) is 11.5 Å². The van der Waals surface area contributed by atoms with E-state index in [1.165, 1.54) is 20.4 Å². The van der Waals surface area contributed by atoms with Gasteiger partial charge in [-0.2, -0.15) is 5.10 Å². The number of furan rings is 1. The van der Waals surface area contributed by atoms with E-state index in [9.17, 15) is 9.90 Å². The van der Waals surface area contributed by atoms with E-state index in [1.54, 1.807) is 32.0 Å². The molecule has 0 bridgehead atoms. The van der Waals surface area contributed by atoms with E-state index in [1.807, 2.05) is 0 Å². The lowest BCUT2D eigenvalue weighted by molar-refractivity contribution is 0.0953. The van der Waals surface area contributed by atoms with Crippen molar-refractivity contribution in [3.05, 3.63) is 40.8 Å². The van der Waals surface area contributed by atoms with Gasteiger partial charge >= 0.3 is 0 Å². The van der Waals surface area contributed by atoms with Crippen LogP contribution in [0, 0.1) is 13.8 Å². The van der Waals surface area contributed by atoms with Gasteiger partial charge in [-0.25, -0.2) is 5.43 Å². The highest BCUT2D eigenvalue weighted by molar-refractivity contribution is 5.96. The standard InChI is InChI=1S/C16H18N2O5/c1-9-5-12(10(2)23-9)16(20)18-17-8-11-6-13(21-3)15(19)14(7-11)22-4/h5-8,19H,1-4H3,(H,18,20). The maximum Gasteiger partial charge on any atom is 0.274 e. The first-order chi connectivity index (χ1) is 11.0. The van der Waals surface area contributed by atoms with Crippen molar-refractivity contribution in [3.8, 4) is 17.2 Å². The molecule has 2 rings (SSSR count). The summed E-state index contributed by atoms with van der Waals surface area (Å²) in [7, 11) is 2.86. The number of rotatable bonds is 5. The Labute approximate surface area is 133 Å². The minimum atomic E-state index is -0.367. The van der Waals surface area contributed by atoms with E-state index >= 15 is 0 Å². The number of methoxy groups -OCH3 is 2. The van der Waals surface area contributed by atoms with Gasteiger partial charge < -0.3 is 19.0 Å². The number of phenolic OH excluding ortho intramolecular Hbond substituents is 1. The van der Waals surface area contributed by atoms with Crippen molar-refractivity contribution in [2.75, 3.05) is 14.2 Å². The number of phenols is 1. The smallest absolute Gasteiger partial charge is 0.274 e. The molecule has 1 aromatic carbocycles. The Morgan fingerprint density at radius 1 is 1.22 bits per heavy atom. The Morgan fingerprint density at radius 2 is 1.83 bits per heavy atom. The normalized spacial score (nSPS) is 10.8. The van der Waals surface area contributed by atoms with E-state index in [0.29, 0.717) is 22.6 Å². The Hall–Kier alpha value is -2.96. The fraction of sp³-hybridized carbons (Fsp3) is 0.250. The van der Waals surface area contributed by atoms with Gasteiger partial charge in [0.2, 0.25) is 5.75 Å². The number of aromatic hydroxyl groups is 1. The predicted octanol–water partition coefficient (Wildman–Crippen LogP) is 2.38. The Kier molecular flexibility index (Phi) is 4.90. The zero-order valence-corrected chi connectivity index (χ0v) is 13.3. The SMILES string of the molecule is COc1cc(C=NNC(=O)c2cc(C)oc2C)cc(OC)c1O. The van der Waals surface area contributed by atoms with Crippen LogP contribution in [-0.4, -0.2) is 31.4 Å². The number of hydrogen-bond donors (Lipinski definition) is 2. The van der Waals surface area contributed by atoms with Crippen LogP contribution in [0.3, 0.4) is 0 Å². The Balaban J connectivity index is 2.14. The molecule has 7 nitrogen and oxygen atoms in total. The van der Waals surface area contributed by atoms with Crippen LogP contribution in [0.25, 0.3) is 0 Å². The van der Waals surface area contributed by atoms with Crippen molar-refractivity contribution in [3.63, 3.8) is 0 Å². The summed E-state index contributed by atoms with van der Waals surface area (Å²) in [6, 6.07) is 4.79. The maximum atomic E-state index is 12.0. The third-order valence-corrected chi connectivity index (χ3v) is 3.17. The Morgan fingerprint density at radius 3 is 2.30 bits per heavy atom. The van der Waals surface area contributed by atoms with Gasteiger partial charge in [-0.3, -0.25) is 4.79 Å². The molecule has 0 atom stereocenters. The molecule has 0 aliphatic carbocycles. The van der Waals surface area contributed by atoms with Crippen LogP contribution in [0.2, 0.25) is 0 Å². The molecule has 0 aliphatic rings. The van der Waals surface area contributed by atoms with Crippen LogP contribution in [0.5, 0.6) is 17.2 Å². The van der Waals surface area contributed by atoms with E-state index in [-0.39, 0.29) is 23.2 Å². The molecule has 2 aromatic rings. The number of hydrogen-bond acceptors (Lipinski definition) is 6. The van der Waals surface area contributed by atoms with Gasteiger partial charge in [-0.05, 0) is 32.0 Å². The molecular weight excluding hydrogens is 300 g/mol. The molecular formula is C16H18N2O5. The highest BCUT2D eigenvalue weighted by atomic mass is 16.5. The monoisotopic (exact) mass is 318 g/mol. The van der Waals surface area contributed by atoms with Gasteiger partial charge in [0.25, 0.3) is 5.91 Å². The second-order valence-electron chi connectivity index (χ2n) is 4.80. The lowest BCUT2D eigenvalue weighted by Gasteiger charge is -2.09. The molecule has 1 amide bonds. The largest absolute Gasteiger partial charge is 0.502 e. The summed E-state index contributed by atoms with van der Waals surface area (Å²) < 4.78 is 15.4. The fourth-order valence-electron chi connectivity index (χ4n) is 2.07. The minimum Gasteiger partial charge on any atom is -0.502 e. The topological polar surface area (TPSA) is 93.3 Å². The Bertz CT molecular complexity index is 724. The second kappa shape index (κ2) is 6.87. The van der Waals surface area contributed by atoms with Crippen LogP contribution in [-0.2, 0) is 0 Å². The molecule has 1 heterocycles. The number of amides is 1. The summed E-state index contributed by atoms with van der Waals surface area (Å²) in [4.78, 5) is 12.0. The summed E-state index contributed by atoms with van der Waals surface area (Å²) in [5, 5.41) is 13.7. The molecule has 0 aliphatic heterocycles. The number of hydrazone groups is 1. The molecule has 0 radical (unpaired) electrons. The number of benzene rings is 1. The second-order valence-corrected chi connectivity index (χ2v) is 4.80. The molecule has 0 saturated heterocycles. The van der Waals surface area contributed by atoms with Gasteiger partial charge in [0, 0.05) is 5.56 Å². The van der Waals surface area contributed by atoms with Crippen LogP contribution in [0.15, 0.2) is 27.7 Å². The first kappa shape index (κ1) is 16.4. The predicted molar refractivity (Wildman–Crippen MR) is 84.5 cm³/mol. The fourth-order valence-corrected chi connectivity index (χ4v) is 2.07. The number of aryl methyl sites for hydroxylation is 2. The third-order valence-electron chi connectivity index (χ3n) is 3.17. The van der Waals surface area contributed by atoms with Crippen molar-refractivity contribution >= 4 is 12.1 Å². The molecule has 23 heavy (non-hydrogen) atoms. The van der Waals surface area contributed by atoms with Crippen LogP contribution < -0.4 is 14.9 Å². The van der Waals surface area contributed by atoms with Gasteiger partial charge in [-0.15, -0.1) is 0 Å². The van der Waals surface area contributed by atoms with Gasteiger partial charge in [-0.1, -0.05) is 0 Å². The molecule has 122 valence electrons. The molecule has 0 fully saturated rings. The zero-order chi connectivity index (χ0) is 17.0. The van der Waals surface area contributed by atoms with E-state index < -0.39 is 0 Å². The van der Waals surface area contributed by atoms with E-state index in [0.717, 1.165) is 0 Å². The summed E-state index contributed by atoms with van der Waals surface area (Å²) in [6.45, 7) is 3.48. The van der Waals surface area contributed by atoms with Crippen LogP contribution in [0.4, 0.5) is 0 Å². The van der Waals surface area contributed by atoms with Crippen molar-refractivity contribution < 1.29 is 23.8 Å². The number of carbonyl (C=O) groups excluding carboxylic acids is 1. The summed E-state index contributed by atoms with van der Waals surface area (Å²) in [6.07, 6.45) is 1.42. The molecule has 0 unspecified atom stereocenters. The van der Waals surface area contributed by atoms with Crippen LogP contribution in [0.1, 0.15) is 27.4 Å². The highest BCUT2D eigenvalue weighted by Crippen LogP contribution is 2.36. The molecule has 0 saturated carbocycles. The number of nitrogens with zero attached hydrogens (tertiary/aromatic N) is 1. The third kappa shape index (κ3) is 3.63. The van der Waals surface area contributed by atoms with Crippen molar-refractivity contribution in [2.45, 2.75) is 13.8 Å². The van der Waals surface area contributed by atoms with Crippen LogP contribution >= 0.6 is 0 Å². The summed E-state index contributed by atoms with van der Waals surface area (Å²) in [5.41, 5.74) is 3.44. The highest BCUT2D eigenvalue weighted by Gasteiger charge is 2.13. The number of ether oxygens (including phenoxy) is 2. The lowest BCUT2D eigenvalue weighted by Crippen LogP contribution is -2.17. The maximum absolute atomic E-state index is 12.0. The number of nitrogens with one attached hydrogen (secondary N) is 1. The zero-order valence-electron chi connectivity index (χ0n) is 13.3. The molecule has 1 aromatic heterocycles. The van der Waals surface area contributed by atoms with Gasteiger partial charge in [0.15, 0.2) is 11.5 Å².